The second-order valence-corrected chi connectivity index (χ2v) is 5.03. The maximum Gasteiger partial charge on any atom is 0.355 e. The number of hydrogen-bond donors (Lipinski definition) is 1. The molecule has 6 nitrogen and oxygen atoms in total. The minimum atomic E-state index is -1.02. The molecule has 0 aliphatic rings. The van der Waals surface area contributed by atoms with Gasteiger partial charge in [-0.1, -0.05) is 0 Å². The van der Waals surface area contributed by atoms with E-state index in [0.717, 1.165) is 11.3 Å². The van der Waals surface area contributed by atoms with Crippen LogP contribution in [0.25, 0.3) is 10.6 Å². The maximum absolute atomic E-state index is 11.0. The molecule has 0 spiro atoms. The van der Waals surface area contributed by atoms with Crippen LogP contribution in [0.1, 0.15) is 21.1 Å². The molecule has 0 aromatic carbocycles. The van der Waals surface area contributed by atoms with Crippen LogP contribution >= 0.6 is 11.3 Å². The minimum Gasteiger partial charge on any atom is -0.481 e. The lowest BCUT2D eigenvalue weighted by molar-refractivity contribution is 0.0690. The van der Waals surface area contributed by atoms with Gasteiger partial charge in [0.2, 0.25) is 5.88 Å². The number of hydrogen-bond acceptors (Lipinski definition) is 5. The predicted molar refractivity (Wildman–Crippen MR) is 67.3 cm³/mol. The Hall–Kier alpha value is -1.89. The predicted octanol–water partition coefficient (Wildman–Crippen LogP) is 1.87. The standard InChI is InChI=1S/C11H13N3O3S/c1-5-7(10(17-4)14(3)13-5)9-12-8(11(15)16)6(2)18-9/h1-4H3,(H,15,16). The zero-order valence-electron chi connectivity index (χ0n) is 10.5. The lowest BCUT2D eigenvalue weighted by Gasteiger charge is -2.01. The highest BCUT2D eigenvalue weighted by molar-refractivity contribution is 7.15. The fourth-order valence-corrected chi connectivity index (χ4v) is 2.81. The van der Waals surface area contributed by atoms with Crippen LogP contribution in [-0.2, 0) is 7.05 Å². The number of ether oxygens (including phenoxy) is 1. The van der Waals surface area contributed by atoms with E-state index in [1.165, 1.54) is 11.3 Å². The van der Waals surface area contributed by atoms with Gasteiger partial charge in [0, 0.05) is 11.9 Å². The Morgan fingerprint density at radius 2 is 2.11 bits per heavy atom. The van der Waals surface area contributed by atoms with E-state index in [1.807, 2.05) is 6.92 Å². The van der Waals surface area contributed by atoms with Gasteiger partial charge >= 0.3 is 5.97 Å². The molecule has 0 bridgehead atoms. The second kappa shape index (κ2) is 4.41. The molecule has 2 aromatic rings. The number of aromatic nitrogens is 3. The molecule has 2 rings (SSSR count). The Bertz CT molecular complexity index is 615. The van der Waals surface area contributed by atoms with Gasteiger partial charge in [-0.15, -0.1) is 11.3 Å². The summed E-state index contributed by atoms with van der Waals surface area (Å²) in [5.41, 5.74) is 1.60. The number of carboxylic acid groups (broad SMARTS) is 1. The fraction of sp³-hybridized carbons (Fsp3) is 0.364. The van der Waals surface area contributed by atoms with Crippen LogP contribution in [0.5, 0.6) is 5.88 Å². The van der Waals surface area contributed by atoms with Crippen LogP contribution in [0.15, 0.2) is 0 Å². The number of aryl methyl sites for hydroxylation is 3. The number of rotatable bonds is 3. The molecule has 0 fully saturated rings. The third kappa shape index (κ3) is 1.86. The van der Waals surface area contributed by atoms with Gasteiger partial charge in [0.1, 0.15) is 5.01 Å². The van der Waals surface area contributed by atoms with Crippen LogP contribution in [0.4, 0.5) is 0 Å². The normalized spacial score (nSPS) is 10.7. The summed E-state index contributed by atoms with van der Waals surface area (Å²) in [6.07, 6.45) is 0. The van der Waals surface area contributed by atoms with E-state index in [0.29, 0.717) is 15.8 Å². The molecule has 0 saturated heterocycles. The Balaban J connectivity index is 2.62. The van der Waals surface area contributed by atoms with Crippen molar-refractivity contribution in [3.63, 3.8) is 0 Å². The topological polar surface area (TPSA) is 77.2 Å². The Kier molecular flexibility index (Phi) is 3.08. The Morgan fingerprint density at radius 1 is 1.44 bits per heavy atom. The van der Waals surface area contributed by atoms with Crippen molar-refractivity contribution in [3.05, 3.63) is 16.3 Å². The number of nitrogens with zero attached hydrogens (tertiary/aromatic N) is 3. The smallest absolute Gasteiger partial charge is 0.355 e. The number of methoxy groups -OCH3 is 1. The summed E-state index contributed by atoms with van der Waals surface area (Å²) in [6, 6.07) is 0. The number of carbonyl (C=O) groups is 1. The van der Waals surface area contributed by atoms with Crippen LogP contribution in [0, 0.1) is 13.8 Å². The van der Waals surface area contributed by atoms with E-state index in [2.05, 4.69) is 10.1 Å². The molecule has 0 amide bonds. The molecular formula is C11H13N3O3S. The summed E-state index contributed by atoms with van der Waals surface area (Å²) in [5.74, 6) is -0.436. The maximum atomic E-state index is 11.0. The zero-order chi connectivity index (χ0) is 13.4. The van der Waals surface area contributed by atoms with Gasteiger partial charge in [-0.3, -0.25) is 0 Å². The summed E-state index contributed by atoms with van der Waals surface area (Å²) in [4.78, 5) is 15.8. The van der Waals surface area contributed by atoms with E-state index >= 15 is 0 Å². The molecular weight excluding hydrogens is 254 g/mol. The van der Waals surface area contributed by atoms with Gasteiger partial charge in [-0.25, -0.2) is 14.5 Å². The molecule has 0 atom stereocenters. The third-order valence-electron chi connectivity index (χ3n) is 2.58. The van der Waals surface area contributed by atoms with Crippen LogP contribution in [0.3, 0.4) is 0 Å². The monoisotopic (exact) mass is 267 g/mol. The van der Waals surface area contributed by atoms with Crippen molar-refractivity contribution in [1.82, 2.24) is 14.8 Å². The zero-order valence-corrected chi connectivity index (χ0v) is 11.3. The number of aromatic carboxylic acids is 1. The van der Waals surface area contributed by atoms with Gasteiger partial charge in [0.25, 0.3) is 0 Å². The molecule has 0 saturated carbocycles. The average Bonchev–Trinajstić information content (AvgIpc) is 2.78. The fourth-order valence-electron chi connectivity index (χ4n) is 1.82. The highest BCUT2D eigenvalue weighted by atomic mass is 32.1. The quantitative estimate of drug-likeness (QED) is 0.918. The molecule has 0 aliphatic heterocycles. The highest BCUT2D eigenvalue weighted by Crippen LogP contribution is 2.36. The van der Waals surface area contributed by atoms with Gasteiger partial charge in [0.15, 0.2) is 5.69 Å². The third-order valence-corrected chi connectivity index (χ3v) is 3.56. The molecule has 0 unspecified atom stereocenters. The van der Waals surface area contributed by atoms with E-state index in [1.54, 1.807) is 25.8 Å². The largest absolute Gasteiger partial charge is 0.481 e. The minimum absolute atomic E-state index is 0.0836. The van der Waals surface area contributed by atoms with Crippen molar-refractivity contribution in [2.75, 3.05) is 7.11 Å². The van der Waals surface area contributed by atoms with Crippen molar-refractivity contribution >= 4 is 17.3 Å². The molecule has 7 heteroatoms. The first-order valence-electron chi connectivity index (χ1n) is 5.24. The summed E-state index contributed by atoms with van der Waals surface area (Å²) in [5, 5.41) is 13.9. The van der Waals surface area contributed by atoms with Crippen LogP contribution < -0.4 is 4.74 Å². The summed E-state index contributed by atoms with van der Waals surface area (Å²) < 4.78 is 6.89. The van der Waals surface area contributed by atoms with Crippen LogP contribution in [0.2, 0.25) is 0 Å². The van der Waals surface area contributed by atoms with Gasteiger partial charge in [-0.05, 0) is 13.8 Å². The molecule has 2 aromatic heterocycles. The van der Waals surface area contributed by atoms with E-state index in [9.17, 15) is 4.79 Å². The molecule has 18 heavy (non-hydrogen) atoms. The number of carboxylic acids is 1. The SMILES string of the molecule is COc1c(-c2nc(C(=O)O)c(C)s2)c(C)nn1C. The summed E-state index contributed by atoms with van der Waals surface area (Å²) >= 11 is 1.33. The van der Waals surface area contributed by atoms with Crippen molar-refractivity contribution in [2.24, 2.45) is 7.05 Å². The Labute approximate surface area is 108 Å². The van der Waals surface area contributed by atoms with Crippen molar-refractivity contribution in [3.8, 4) is 16.5 Å². The molecule has 0 radical (unpaired) electrons. The average molecular weight is 267 g/mol. The van der Waals surface area contributed by atoms with Crippen molar-refractivity contribution < 1.29 is 14.6 Å². The molecule has 0 aliphatic carbocycles. The summed E-state index contributed by atoms with van der Waals surface area (Å²) in [6.45, 7) is 3.58. The van der Waals surface area contributed by atoms with Gasteiger partial charge < -0.3 is 9.84 Å². The van der Waals surface area contributed by atoms with E-state index < -0.39 is 5.97 Å². The lowest BCUT2D eigenvalue weighted by atomic mass is 10.2. The first kappa shape index (κ1) is 12.6. The molecule has 2 heterocycles. The first-order chi connectivity index (χ1) is 8.45. The van der Waals surface area contributed by atoms with Crippen molar-refractivity contribution in [1.29, 1.82) is 0 Å². The van der Waals surface area contributed by atoms with Gasteiger partial charge in [0.05, 0.1) is 18.4 Å². The van der Waals surface area contributed by atoms with E-state index in [-0.39, 0.29) is 5.69 Å². The first-order valence-corrected chi connectivity index (χ1v) is 6.06. The highest BCUT2D eigenvalue weighted by Gasteiger charge is 2.22. The molecule has 96 valence electrons. The molecule has 1 N–H and O–H groups in total. The second-order valence-electron chi connectivity index (χ2n) is 3.82. The van der Waals surface area contributed by atoms with E-state index in [4.69, 9.17) is 9.84 Å². The van der Waals surface area contributed by atoms with Crippen LogP contribution in [-0.4, -0.2) is 33.0 Å². The number of thiazole rings is 1. The summed E-state index contributed by atoms with van der Waals surface area (Å²) in [7, 11) is 3.33. The Morgan fingerprint density at radius 3 is 2.61 bits per heavy atom. The van der Waals surface area contributed by atoms with Crippen molar-refractivity contribution in [2.45, 2.75) is 13.8 Å². The lowest BCUT2D eigenvalue weighted by Crippen LogP contribution is -1.98. The van der Waals surface area contributed by atoms with Gasteiger partial charge in [-0.2, -0.15) is 5.10 Å².